The molecule has 13 heteroatoms. The zero-order valence-corrected chi connectivity index (χ0v) is 35.1. The highest BCUT2D eigenvalue weighted by Gasteiger charge is 2.62. The lowest BCUT2D eigenvalue weighted by Gasteiger charge is -2.33. The van der Waals surface area contributed by atoms with Gasteiger partial charge in [0.25, 0.3) is 0 Å². The summed E-state index contributed by atoms with van der Waals surface area (Å²) in [6, 6.07) is 6.76. The van der Waals surface area contributed by atoms with Crippen LogP contribution in [0.3, 0.4) is 0 Å². The molecule has 57 heavy (non-hydrogen) atoms. The summed E-state index contributed by atoms with van der Waals surface area (Å²) in [5, 5.41) is 1.64. The van der Waals surface area contributed by atoms with Gasteiger partial charge in [-0.1, -0.05) is 50.6 Å². The van der Waals surface area contributed by atoms with Crippen LogP contribution < -0.4 is 14.2 Å². The Labute approximate surface area is 336 Å². The molecule has 310 valence electrons. The number of aromatic nitrogens is 1. The highest BCUT2D eigenvalue weighted by Crippen LogP contribution is 2.58. The van der Waals surface area contributed by atoms with Crippen molar-refractivity contribution in [2.45, 2.75) is 141 Å². The van der Waals surface area contributed by atoms with Gasteiger partial charge in [-0.2, -0.15) is 0 Å². The van der Waals surface area contributed by atoms with Crippen LogP contribution in [-0.2, 0) is 40.4 Å². The number of aryl methyl sites for hydroxylation is 1. The fourth-order valence-corrected chi connectivity index (χ4v) is 10.5. The monoisotopic (exact) mass is 805 g/mol. The van der Waals surface area contributed by atoms with E-state index in [1.54, 1.807) is 32.6 Å². The third-order valence-corrected chi connectivity index (χ3v) is 15.1. The topological polar surface area (TPSA) is 158 Å². The van der Waals surface area contributed by atoms with Crippen molar-refractivity contribution in [1.29, 1.82) is 0 Å². The third kappa shape index (κ3) is 8.59. The maximum atomic E-state index is 15.1. The van der Waals surface area contributed by atoms with Gasteiger partial charge in [-0.3, -0.25) is 23.9 Å². The Bertz CT molecular complexity index is 2050. The number of allylic oxidation sites excluding steroid dienone is 2. The van der Waals surface area contributed by atoms with Gasteiger partial charge >= 0.3 is 5.97 Å². The summed E-state index contributed by atoms with van der Waals surface area (Å²) < 4.78 is 46.4. The first-order valence-corrected chi connectivity index (χ1v) is 22.4. The number of fused-ring (bicyclic) bond motifs is 5. The van der Waals surface area contributed by atoms with Crippen molar-refractivity contribution < 1.29 is 41.8 Å². The molecule has 0 bridgehead atoms. The Morgan fingerprint density at radius 1 is 1.11 bits per heavy atom. The quantitative estimate of drug-likeness (QED) is 0.227. The predicted octanol–water partition coefficient (Wildman–Crippen LogP) is 6.62. The number of carbonyl (C=O) groups excluding carboxylic acids is 4. The van der Waals surface area contributed by atoms with E-state index in [1.165, 1.54) is 0 Å². The van der Waals surface area contributed by atoms with Gasteiger partial charge in [0, 0.05) is 23.6 Å². The molecule has 5 aliphatic rings. The van der Waals surface area contributed by atoms with E-state index >= 15 is 4.79 Å². The molecular weight excluding hydrogens is 747 g/mol. The van der Waals surface area contributed by atoms with Gasteiger partial charge < -0.3 is 19.1 Å². The summed E-state index contributed by atoms with van der Waals surface area (Å²) in [6.07, 6.45) is 8.87. The van der Waals surface area contributed by atoms with Crippen molar-refractivity contribution in [2.24, 2.45) is 29.1 Å². The van der Waals surface area contributed by atoms with E-state index in [0.717, 1.165) is 47.9 Å². The van der Waals surface area contributed by atoms with Crippen LogP contribution in [0.1, 0.15) is 118 Å². The van der Waals surface area contributed by atoms with E-state index in [9.17, 15) is 22.8 Å². The Kier molecular flexibility index (Phi) is 11.3. The van der Waals surface area contributed by atoms with Crippen LogP contribution in [0.2, 0.25) is 0 Å². The smallest absolute Gasteiger partial charge is 0.307 e. The molecule has 0 unspecified atom stereocenters. The number of hydrogen-bond acceptors (Lipinski definition) is 10. The van der Waals surface area contributed by atoms with Gasteiger partial charge in [-0.05, 0) is 103 Å². The molecule has 3 aliphatic heterocycles. The minimum atomic E-state index is -3.95. The first kappa shape index (κ1) is 41.2. The summed E-state index contributed by atoms with van der Waals surface area (Å²) in [7, 11) is -3.95. The lowest BCUT2D eigenvalue weighted by Crippen LogP contribution is -2.48. The molecule has 3 fully saturated rings. The molecule has 7 atom stereocenters. The normalized spacial score (nSPS) is 30.7. The van der Waals surface area contributed by atoms with Crippen molar-refractivity contribution in [3.05, 3.63) is 42.1 Å². The largest absolute Gasteiger partial charge is 0.491 e. The van der Waals surface area contributed by atoms with Crippen molar-refractivity contribution >= 4 is 44.4 Å². The number of esters is 1. The molecule has 0 radical (unpaired) electrons. The number of sulfonamides is 1. The second-order valence-corrected chi connectivity index (χ2v) is 20.8. The van der Waals surface area contributed by atoms with Crippen LogP contribution in [0, 0.1) is 29.1 Å². The van der Waals surface area contributed by atoms with Crippen LogP contribution in [0.15, 0.2) is 36.4 Å². The molecule has 1 aromatic carbocycles. The van der Waals surface area contributed by atoms with Crippen LogP contribution in [0.4, 0.5) is 0 Å². The van der Waals surface area contributed by atoms with Gasteiger partial charge in [-0.15, -0.1) is 0 Å². The van der Waals surface area contributed by atoms with Gasteiger partial charge in [0.2, 0.25) is 27.7 Å². The average molecular weight is 806 g/mol. The summed E-state index contributed by atoms with van der Waals surface area (Å²) in [5.74, 6) is -1.66. The Morgan fingerprint density at radius 3 is 2.54 bits per heavy atom. The number of ketones is 1. The van der Waals surface area contributed by atoms with Crippen molar-refractivity contribution in [3.63, 3.8) is 0 Å². The third-order valence-electron chi connectivity index (χ3n) is 12.9. The van der Waals surface area contributed by atoms with E-state index in [-0.39, 0.29) is 55.3 Å². The summed E-state index contributed by atoms with van der Waals surface area (Å²) >= 11 is 0. The molecule has 4 heterocycles. The van der Waals surface area contributed by atoms with Gasteiger partial charge in [0.1, 0.15) is 17.5 Å². The van der Waals surface area contributed by atoms with Crippen molar-refractivity contribution in [1.82, 2.24) is 14.6 Å². The summed E-state index contributed by atoms with van der Waals surface area (Å²) in [5.41, 5.74) is -1.21. The SMILES string of the molecule is CC[C@@H]1C[C@H](C)CC/C=C\[C@@H]2C[C@@]2(C(=O)NS(=O)(=O)C2(C)CC2)CC(=O)[C@@H]2C[C@@H](Oc3nc4c(c5ccccc35)OCCC4)CN2C(=O)[C@H]1CC(=O)OC(C)(C)C. The Balaban J connectivity index is 1.25. The maximum Gasteiger partial charge on any atom is 0.307 e. The van der Waals surface area contributed by atoms with E-state index in [1.807, 2.05) is 43.3 Å². The molecule has 1 saturated heterocycles. The number of Topliss-reactive ketones (excluding diaryl/α,β-unsaturated/α-hetero) is 1. The molecule has 1 N–H and O–H groups in total. The van der Waals surface area contributed by atoms with E-state index in [4.69, 9.17) is 19.2 Å². The molecule has 0 spiro atoms. The van der Waals surface area contributed by atoms with Gasteiger partial charge in [0.15, 0.2) is 5.78 Å². The average Bonchev–Trinajstić information content (AvgIpc) is 4.04. The fourth-order valence-electron chi connectivity index (χ4n) is 9.15. The number of ether oxygens (including phenoxy) is 3. The Morgan fingerprint density at radius 2 is 1.84 bits per heavy atom. The van der Waals surface area contributed by atoms with Crippen LogP contribution >= 0.6 is 0 Å². The number of pyridine rings is 1. The first-order chi connectivity index (χ1) is 26.9. The molecule has 7 rings (SSSR count). The number of nitrogens with one attached hydrogen (secondary N) is 1. The second-order valence-electron chi connectivity index (χ2n) is 18.6. The zero-order chi connectivity index (χ0) is 40.9. The summed E-state index contributed by atoms with van der Waals surface area (Å²) in [6.45, 7) is 11.9. The number of rotatable bonds is 8. The minimum absolute atomic E-state index is 0.0743. The van der Waals surface area contributed by atoms with E-state index in [2.05, 4.69) is 11.6 Å². The predicted molar refractivity (Wildman–Crippen MR) is 215 cm³/mol. The maximum absolute atomic E-state index is 15.1. The molecule has 12 nitrogen and oxygen atoms in total. The number of carbonyl (C=O) groups is 4. The summed E-state index contributed by atoms with van der Waals surface area (Å²) in [4.78, 5) is 63.9. The molecule has 2 amide bonds. The number of amides is 2. The van der Waals surface area contributed by atoms with Crippen LogP contribution in [0.5, 0.6) is 11.6 Å². The minimum Gasteiger partial charge on any atom is -0.491 e. The number of benzene rings is 1. The van der Waals surface area contributed by atoms with E-state index in [0.29, 0.717) is 44.6 Å². The van der Waals surface area contributed by atoms with Crippen LogP contribution in [-0.4, -0.2) is 77.5 Å². The van der Waals surface area contributed by atoms with Crippen molar-refractivity contribution in [3.8, 4) is 11.6 Å². The zero-order valence-electron chi connectivity index (χ0n) is 34.3. The highest BCUT2D eigenvalue weighted by atomic mass is 32.2. The molecule has 2 saturated carbocycles. The Hall–Kier alpha value is -4.00. The van der Waals surface area contributed by atoms with Crippen molar-refractivity contribution in [2.75, 3.05) is 13.2 Å². The first-order valence-electron chi connectivity index (χ1n) is 20.9. The number of hydrogen-bond donors (Lipinski definition) is 1. The van der Waals surface area contributed by atoms with Crippen LogP contribution in [0.25, 0.3) is 10.8 Å². The van der Waals surface area contributed by atoms with Gasteiger partial charge in [0.05, 0.1) is 47.4 Å². The lowest BCUT2D eigenvalue weighted by molar-refractivity contribution is -0.160. The highest BCUT2D eigenvalue weighted by molar-refractivity contribution is 7.91. The fraction of sp³-hybridized carbons (Fsp3) is 0.659. The molecule has 1 aromatic heterocycles. The molecule has 2 aliphatic carbocycles. The lowest BCUT2D eigenvalue weighted by atomic mass is 9.79. The van der Waals surface area contributed by atoms with Gasteiger partial charge in [-0.25, -0.2) is 13.4 Å². The number of nitrogens with zero attached hydrogens (tertiary/aromatic N) is 2. The molecule has 2 aromatic rings. The van der Waals surface area contributed by atoms with E-state index < -0.39 is 55.7 Å². The standard InChI is InChI=1S/C44H59N3O9S/c1-7-28-21-27(2)13-8-9-14-29-24-44(29,41(51)46-57(52,53)43(6)18-19-43)25-36(48)35-22-30(26-47(35)40(50)33(28)23-37(49)56-42(3,4)5)55-39-32-16-11-10-15-31(32)38-34(45-39)17-12-20-54-38/h9-11,14-16,27-30,33,35H,7-8,12-13,17-26H2,1-6H3,(H,46,51)/b14-9-/t27-,28-,29-,30-,33+,35+,44-/m1/s1. The molecular formula is C44H59N3O9S. The second kappa shape index (κ2) is 15.6.